The molecule has 0 unspecified atom stereocenters. The van der Waals surface area contributed by atoms with Crippen LogP contribution in [0.4, 0.5) is 5.69 Å². The zero-order chi connectivity index (χ0) is 14.8. The highest BCUT2D eigenvalue weighted by molar-refractivity contribution is 9.09. The van der Waals surface area contributed by atoms with E-state index in [1.807, 2.05) is 0 Å². The van der Waals surface area contributed by atoms with Gasteiger partial charge in [0, 0.05) is 24.6 Å². The number of anilines is 1. The first-order valence-corrected chi connectivity index (χ1v) is 9.11. The summed E-state index contributed by atoms with van der Waals surface area (Å²) < 4.78 is 0. The van der Waals surface area contributed by atoms with Gasteiger partial charge in [0.2, 0.25) is 0 Å². The summed E-state index contributed by atoms with van der Waals surface area (Å²) in [6.07, 6.45) is 9.58. The maximum atomic E-state index is 3.49. The fourth-order valence-corrected chi connectivity index (χ4v) is 3.02. The van der Waals surface area contributed by atoms with Gasteiger partial charge in [0.1, 0.15) is 0 Å². The highest BCUT2D eigenvalue weighted by Crippen LogP contribution is 2.18. The Morgan fingerprint density at radius 3 is 1.85 bits per heavy atom. The first kappa shape index (κ1) is 17.6. The molecule has 2 heteroatoms. The van der Waals surface area contributed by atoms with Crippen molar-refractivity contribution in [3.63, 3.8) is 0 Å². The van der Waals surface area contributed by atoms with Gasteiger partial charge >= 0.3 is 0 Å². The second-order valence-electron chi connectivity index (χ2n) is 5.93. The van der Waals surface area contributed by atoms with E-state index in [1.165, 1.54) is 68.3 Å². The lowest BCUT2D eigenvalue weighted by Crippen LogP contribution is -2.18. The lowest BCUT2D eigenvalue weighted by molar-refractivity contribution is 0.590. The Labute approximate surface area is 133 Å². The molecule has 0 aliphatic rings. The molecule has 0 heterocycles. The lowest BCUT2D eigenvalue weighted by Gasteiger charge is -2.20. The second-order valence-corrected chi connectivity index (χ2v) is 6.72. The van der Waals surface area contributed by atoms with Crippen LogP contribution in [0.15, 0.2) is 18.2 Å². The van der Waals surface area contributed by atoms with Gasteiger partial charge in [-0.05, 0) is 49.9 Å². The molecule has 0 radical (unpaired) electrons. The first-order chi connectivity index (χ1) is 9.63. The number of rotatable bonds is 10. The number of hydrogen-bond donors (Lipinski definition) is 0. The molecule has 0 N–H and O–H groups in total. The number of nitrogens with zero attached hydrogens (tertiary/aromatic N) is 1. The Morgan fingerprint density at radius 1 is 0.800 bits per heavy atom. The Balaban J connectivity index is 2.15. The third-order valence-electron chi connectivity index (χ3n) is 3.77. The van der Waals surface area contributed by atoms with Crippen molar-refractivity contribution in [2.24, 2.45) is 0 Å². The average molecular weight is 340 g/mol. The minimum Gasteiger partial charge on any atom is -0.375 e. The van der Waals surface area contributed by atoms with E-state index in [4.69, 9.17) is 0 Å². The zero-order valence-electron chi connectivity index (χ0n) is 13.4. The number of halogens is 1. The molecule has 1 nitrogen and oxygen atoms in total. The van der Waals surface area contributed by atoms with Gasteiger partial charge in [-0.15, -0.1) is 0 Å². The van der Waals surface area contributed by atoms with E-state index in [-0.39, 0.29) is 0 Å². The van der Waals surface area contributed by atoms with Crippen LogP contribution in [0.5, 0.6) is 0 Å². The third kappa shape index (κ3) is 7.33. The van der Waals surface area contributed by atoms with E-state index in [1.54, 1.807) is 0 Å². The van der Waals surface area contributed by atoms with Crippen molar-refractivity contribution in [1.29, 1.82) is 0 Å². The quantitative estimate of drug-likeness (QED) is 0.380. The molecule has 1 aromatic rings. The summed E-state index contributed by atoms with van der Waals surface area (Å²) in [5, 5.41) is 1.16. The molecule has 0 bridgehead atoms. The van der Waals surface area contributed by atoms with Gasteiger partial charge in [-0.25, -0.2) is 0 Å². The topological polar surface area (TPSA) is 3.24 Å². The van der Waals surface area contributed by atoms with Crippen molar-refractivity contribution in [3.05, 3.63) is 29.3 Å². The minimum absolute atomic E-state index is 1.16. The monoisotopic (exact) mass is 339 g/mol. The zero-order valence-corrected chi connectivity index (χ0v) is 15.0. The molecule has 114 valence electrons. The maximum Gasteiger partial charge on any atom is 0.0368 e. The molecule has 0 fully saturated rings. The molecular weight excluding hydrogens is 310 g/mol. The van der Waals surface area contributed by atoms with Crippen molar-refractivity contribution < 1.29 is 0 Å². The second kappa shape index (κ2) is 10.3. The highest BCUT2D eigenvalue weighted by atomic mass is 79.9. The number of alkyl halides is 1. The number of hydrogen-bond acceptors (Lipinski definition) is 1. The molecule has 0 spiro atoms. The molecule has 0 atom stereocenters. The maximum absolute atomic E-state index is 3.49. The van der Waals surface area contributed by atoms with Crippen molar-refractivity contribution in [2.45, 2.75) is 58.8 Å². The Kier molecular flexibility index (Phi) is 9.00. The number of benzene rings is 1. The van der Waals surface area contributed by atoms with Crippen LogP contribution in [0, 0.1) is 13.8 Å². The predicted molar refractivity (Wildman–Crippen MR) is 95.3 cm³/mol. The number of unbranched alkanes of at least 4 members (excludes halogenated alkanes) is 6. The normalized spacial score (nSPS) is 10.8. The molecule has 0 saturated heterocycles. The molecule has 1 aromatic carbocycles. The van der Waals surface area contributed by atoms with E-state index < -0.39 is 0 Å². The van der Waals surface area contributed by atoms with E-state index in [0.29, 0.717) is 0 Å². The van der Waals surface area contributed by atoms with Gasteiger partial charge in [0.25, 0.3) is 0 Å². The van der Waals surface area contributed by atoms with Gasteiger partial charge in [0.15, 0.2) is 0 Å². The van der Waals surface area contributed by atoms with Crippen LogP contribution in [0.1, 0.15) is 56.1 Å². The summed E-state index contributed by atoms with van der Waals surface area (Å²) in [7, 11) is 2.21. The largest absolute Gasteiger partial charge is 0.375 e. The van der Waals surface area contributed by atoms with E-state index in [9.17, 15) is 0 Å². The molecule has 20 heavy (non-hydrogen) atoms. The van der Waals surface area contributed by atoms with Crippen LogP contribution >= 0.6 is 15.9 Å². The molecule has 0 saturated carbocycles. The summed E-state index contributed by atoms with van der Waals surface area (Å²) >= 11 is 3.49. The van der Waals surface area contributed by atoms with Crippen molar-refractivity contribution in [3.8, 4) is 0 Å². The van der Waals surface area contributed by atoms with Crippen LogP contribution in [-0.4, -0.2) is 18.9 Å². The Morgan fingerprint density at radius 2 is 1.30 bits per heavy atom. The van der Waals surface area contributed by atoms with Crippen LogP contribution < -0.4 is 4.90 Å². The fraction of sp³-hybridized carbons (Fsp3) is 0.667. The molecular formula is C18H30BrN. The van der Waals surface area contributed by atoms with Gasteiger partial charge in [-0.2, -0.15) is 0 Å². The van der Waals surface area contributed by atoms with Crippen molar-refractivity contribution in [2.75, 3.05) is 23.8 Å². The van der Waals surface area contributed by atoms with Gasteiger partial charge < -0.3 is 4.90 Å². The molecule has 0 aliphatic carbocycles. The summed E-state index contributed by atoms with van der Waals surface area (Å²) in [5.41, 5.74) is 4.08. The minimum atomic E-state index is 1.16. The lowest BCUT2D eigenvalue weighted by atomic mass is 10.1. The van der Waals surface area contributed by atoms with Gasteiger partial charge in [-0.3, -0.25) is 0 Å². The van der Waals surface area contributed by atoms with E-state index >= 15 is 0 Å². The van der Waals surface area contributed by atoms with Crippen LogP contribution in [0.3, 0.4) is 0 Å². The van der Waals surface area contributed by atoms with Gasteiger partial charge in [0.05, 0.1) is 0 Å². The average Bonchev–Trinajstić information content (AvgIpc) is 2.40. The molecule has 0 aliphatic heterocycles. The summed E-state index contributed by atoms with van der Waals surface area (Å²) in [6, 6.07) is 6.81. The SMILES string of the molecule is Cc1cc(C)cc(N(C)CCCCCCCCCBr)c1. The van der Waals surface area contributed by atoms with Crippen LogP contribution in [0.2, 0.25) is 0 Å². The summed E-state index contributed by atoms with van der Waals surface area (Å²) in [6.45, 7) is 5.53. The number of aryl methyl sites for hydroxylation is 2. The first-order valence-electron chi connectivity index (χ1n) is 7.99. The highest BCUT2D eigenvalue weighted by Gasteiger charge is 2.02. The van der Waals surface area contributed by atoms with Gasteiger partial charge in [-0.1, -0.05) is 54.1 Å². The Bertz CT molecular complexity index is 355. The predicted octanol–water partition coefficient (Wildman–Crippen LogP) is 5.87. The molecule has 0 amide bonds. The third-order valence-corrected chi connectivity index (χ3v) is 4.34. The van der Waals surface area contributed by atoms with E-state index in [2.05, 4.69) is 59.9 Å². The Hall–Kier alpha value is -0.500. The summed E-state index contributed by atoms with van der Waals surface area (Å²) in [4.78, 5) is 2.39. The van der Waals surface area contributed by atoms with E-state index in [0.717, 1.165) is 5.33 Å². The summed E-state index contributed by atoms with van der Waals surface area (Å²) in [5.74, 6) is 0. The molecule has 1 rings (SSSR count). The van der Waals surface area contributed by atoms with Crippen molar-refractivity contribution in [1.82, 2.24) is 0 Å². The van der Waals surface area contributed by atoms with Crippen LogP contribution in [-0.2, 0) is 0 Å². The molecule has 0 aromatic heterocycles. The van der Waals surface area contributed by atoms with Crippen LogP contribution in [0.25, 0.3) is 0 Å². The fourth-order valence-electron chi connectivity index (χ4n) is 2.63. The van der Waals surface area contributed by atoms with Crippen molar-refractivity contribution >= 4 is 21.6 Å². The standard InChI is InChI=1S/C18H30BrN/c1-16-13-17(2)15-18(14-16)20(3)12-10-8-6-4-5-7-9-11-19/h13-15H,4-12H2,1-3H3. The smallest absolute Gasteiger partial charge is 0.0368 e.